The minimum atomic E-state index is -0.719. The van der Waals surface area contributed by atoms with E-state index in [2.05, 4.69) is 10.1 Å². The number of hydrogen-bond donors (Lipinski definition) is 3. The predicted molar refractivity (Wildman–Crippen MR) is 56.8 cm³/mol. The first-order valence-electron chi connectivity index (χ1n) is 5.32. The van der Waals surface area contributed by atoms with E-state index in [1.54, 1.807) is 0 Å². The molecule has 7 heteroatoms. The van der Waals surface area contributed by atoms with Gasteiger partial charge in [0, 0.05) is 6.04 Å². The van der Waals surface area contributed by atoms with E-state index in [4.69, 9.17) is 11.5 Å². The lowest BCUT2D eigenvalue weighted by molar-refractivity contribution is 0.0989. The van der Waals surface area contributed by atoms with Crippen LogP contribution in [0.2, 0.25) is 0 Å². The molecule has 0 saturated heterocycles. The van der Waals surface area contributed by atoms with Crippen LogP contribution in [0.5, 0.6) is 0 Å². The van der Waals surface area contributed by atoms with E-state index in [0.29, 0.717) is 0 Å². The number of amides is 1. The Morgan fingerprint density at radius 3 is 2.50 bits per heavy atom. The molecule has 1 aliphatic carbocycles. The lowest BCUT2D eigenvalue weighted by Crippen LogP contribution is -2.32. The summed E-state index contributed by atoms with van der Waals surface area (Å²) in [5.41, 5.74) is 10.4. The van der Waals surface area contributed by atoms with E-state index >= 15 is 0 Å². The number of nitrogens with zero attached hydrogens (tertiary/aromatic N) is 2. The first kappa shape index (κ1) is 10.9. The summed E-state index contributed by atoms with van der Waals surface area (Å²) in [6.07, 6.45) is 3.36. The Labute approximate surface area is 91.8 Å². The van der Waals surface area contributed by atoms with Crippen LogP contribution in [0.4, 0.5) is 0 Å². The average Bonchev–Trinajstić information content (AvgIpc) is 2.62. The molecule has 1 aromatic rings. The van der Waals surface area contributed by atoms with Crippen molar-refractivity contribution in [2.24, 2.45) is 11.5 Å². The molecule has 5 N–H and O–H groups in total. The fraction of sp³-hybridized carbons (Fsp3) is 0.667. The maximum Gasteiger partial charge on any atom is 0.343 e. The second-order valence-electron chi connectivity index (χ2n) is 4.16. The van der Waals surface area contributed by atoms with Crippen LogP contribution in [0.3, 0.4) is 0 Å². The van der Waals surface area contributed by atoms with Crippen LogP contribution in [0, 0.1) is 0 Å². The summed E-state index contributed by atoms with van der Waals surface area (Å²) in [5, 5.41) is 3.89. The van der Waals surface area contributed by atoms with E-state index in [9.17, 15) is 9.59 Å². The molecule has 1 aliphatic rings. The molecule has 1 saturated carbocycles. The van der Waals surface area contributed by atoms with Crippen molar-refractivity contribution >= 4 is 5.91 Å². The lowest BCUT2D eigenvalue weighted by atomic mass is 9.92. The van der Waals surface area contributed by atoms with Crippen LogP contribution in [0.25, 0.3) is 0 Å². The van der Waals surface area contributed by atoms with Crippen LogP contribution in [-0.2, 0) is 0 Å². The summed E-state index contributed by atoms with van der Waals surface area (Å²) >= 11 is 0. The van der Waals surface area contributed by atoms with Gasteiger partial charge in [0.2, 0.25) is 5.82 Å². The van der Waals surface area contributed by atoms with Crippen LogP contribution in [0.15, 0.2) is 4.79 Å². The number of nitrogens with one attached hydrogen (secondary N) is 1. The first-order valence-corrected chi connectivity index (χ1v) is 5.32. The molecule has 0 unspecified atom stereocenters. The number of H-pyrrole nitrogens is 1. The van der Waals surface area contributed by atoms with Crippen molar-refractivity contribution in [3.8, 4) is 0 Å². The summed E-state index contributed by atoms with van der Waals surface area (Å²) in [6, 6.07) is 0.234. The third-order valence-electron chi connectivity index (χ3n) is 2.96. The number of aromatic amines is 1. The summed E-state index contributed by atoms with van der Waals surface area (Å²) in [7, 11) is 0. The minimum absolute atomic E-state index is 0.0247. The van der Waals surface area contributed by atoms with Gasteiger partial charge in [0.15, 0.2) is 0 Å². The molecule has 0 radical (unpaired) electrons. The highest BCUT2D eigenvalue weighted by Crippen LogP contribution is 2.25. The standard InChI is InChI=1S/C9H15N5O2/c10-5-1-3-6(4-2-5)14-9(16)12-8(13-14)7(11)15/h5-6H,1-4,10H2,(H2,11,15)(H,12,13,16). The fourth-order valence-electron chi connectivity index (χ4n) is 2.04. The van der Waals surface area contributed by atoms with E-state index in [0.717, 1.165) is 25.7 Å². The number of nitrogens with two attached hydrogens (primary N) is 2. The summed E-state index contributed by atoms with van der Waals surface area (Å²) in [5.74, 6) is -0.803. The van der Waals surface area contributed by atoms with Gasteiger partial charge in [0.1, 0.15) is 0 Å². The van der Waals surface area contributed by atoms with Gasteiger partial charge in [0.05, 0.1) is 6.04 Å². The Hall–Kier alpha value is -1.63. The van der Waals surface area contributed by atoms with Gasteiger partial charge in [-0.2, -0.15) is 0 Å². The van der Waals surface area contributed by atoms with Crippen molar-refractivity contribution in [1.29, 1.82) is 0 Å². The number of aromatic nitrogens is 3. The Morgan fingerprint density at radius 1 is 1.38 bits per heavy atom. The molecule has 1 aromatic heterocycles. The predicted octanol–water partition coefficient (Wildman–Crippen LogP) is -0.887. The smallest absolute Gasteiger partial charge is 0.343 e. The summed E-state index contributed by atoms with van der Waals surface area (Å²) in [4.78, 5) is 24.7. The minimum Gasteiger partial charge on any atom is -0.363 e. The molecule has 88 valence electrons. The number of carbonyl (C=O) groups excluding carboxylic acids is 1. The normalized spacial score (nSPS) is 25.6. The average molecular weight is 225 g/mol. The zero-order chi connectivity index (χ0) is 11.7. The van der Waals surface area contributed by atoms with Gasteiger partial charge in [-0.3, -0.25) is 9.78 Å². The second-order valence-corrected chi connectivity index (χ2v) is 4.16. The molecule has 1 heterocycles. The highest BCUT2D eigenvalue weighted by molar-refractivity contribution is 5.88. The van der Waals surface area contributed by atoms with Crippen LogP contribution >= 0.6 is 0 Å². The number of rotatable bonds is 2. The molecular weight excluding hydrogens is 210 g/mol. The Kier molecular flexibility index (Phi) is 2.78. The SMILES string of the molecule is NC(=O)c1nn(C2CCC(N)CC2)c(=O)[nH]1. The Bertz CT molecular complexity index is 441. The van der Waals surface area contributed by atoms with Gasteiger partial charge in [-0.25, -0.2) is 9.48 Å². The third kappa shape index (κ3) is 1.99. The molecule has 1 amide bonds. The van der Waals surface area contributed by atoms with E-state index in [1.165, 1.54) is 4.68 Å². The van der Waals surface area contributed by atoms with Crippen molar-refractivity contribution < 1.29 is 4.79 Å². The lowest BCUT2D eigenvalue weighted by Gasteiger charge is -2.25. The fourth-order valence-corrected chi connectivity index (χ4v) is 2.04. The van der Waals surface area contributed by atoms with Gasteiger partial charge >= 0.3 is 5.69 Å². The Balaban J connectivity index is 2.20. The molecule has 0 spiro atoms. The van der Waals surface area contributed by atoms with Crippen molar-refractivity contribution in [3.05, 3.63) is 16.3 Å². The molecule has 1 fully saturated rings. The molecule has 0 bridgehead atoms. The molecule has 16 heavy (non-hydrogen) atoms. The molecule has 0 aliphatic heterocycles. The molecule has 7 nitrogen and oxygen atoms in total. The van der Waals surface area contributed by atoms with Gasteiger partial charge in [0.25, 0.3) is 5.91 Å². The van der Waals surface area contributed by atoms with Crippen molar-refractivity contribution in [2.45, 2.75) is 37.8 Å². The topological polar surface area (TPSA) is 120 Å². The Morgan fingerprint density at radius 2 is 2.00 bits per heavy atom. The quantitative estimate of drug-likeness (QED) is 0.604. The van der Waals surface area contributed by atoms with Crippen LogP contribution in [0.1, 0.15) is 42.3 Å². The van der Waals surface area contributed by atoms with Crippen LogP contribution in [-0.4, -0.2) is 26.7 Å². The van der Waals surface area contributed by atoms with Crippen molar-refractivity contribution in [1.82, 2.24) is 14.8 Å². The first-order chi connectivity index (χ1) is 7.58. The van der Waals surface area contributed by atoms with Gasteiger partial charge in [-0.1, -0.05) is 0 Å². The zero-order valence-electron chi connectivity index (χ0n) is 8.85. The molecule has 2 rings (SSSR count). The highest BCUT2D eigenvalue weighted by atomic mass is 16.2. The molecular formula is C9H15N5O2. The number of hydrogen-bond acceptors (Lipinski definition) is 4. The summed E-state index contributed by atoms with van der Waals surface area (Å²) < 4.78 is 1.31. The van der Waals surface area contributed by atoms with Gasteiger partial charge < -0.3 is 11.5 Å². The monoisotopic (exact) mass is 225 g/mol. The maximum atomic E-state index is 11.5. The van der Waals surface area contributed by atoms with Crippen molar-refractivity contribution in [2.75, 3.05) is 0 Å². The van der Waals surface area contributed by atoms with E-state index in [1.807, 2.05) is 0 Å². The number of carbonyl (C=O) groups is 1. The van der Waals surface area contributed by atoms with E-state index in [-0.39, 0.29) is 23.6 Å². The highest BCUT2D eigenvalue weighted by Gasteiger charge is 2.23. The van der Waals surface area contributed by atoms with Crippen LogP contribution < -0.4 is 17.2 Å². The maximum absolute atomic E-state index is 11.5. The zero-order valence-corrected chi connectivity index (χ0v) is 8.85. The second kappa shape index (κ2) is 4.09. The molecule has 0 atom stereocenters. The van der Waals surface area contributed by atoms with E-state index < -0.39 is 5.91 Å². The summed E-state index contributed by atoms with van der Waals surface area (Å²) in [6.45, 7) is 0. The number of primary amides is 1. The van der Waals surface area contributed by atoms with Gasteiger partial charge in [-0.15, -0.1) is 5.10 Å². The third-order valence-corrected chi connectivity index (χ3v) is 2.96. The largest absolute Gasteiger partial charge is 0.363 e. The van der Waals surface area contributed by atoms with Gasteiger partial charge in [-0.05, 0) is 25.7 Å². The van der Waals surface area contributed by atoms with Crippen molar-refractivity contribution in [3.63, 3.8) is 0 Å². The molecule has 0 aromatic carbocycles.